The van der Waals surface area contributed by atoms with Crippen LogP contribution in [0.25, 0.3) is 5.65 Å². The van der Waals surface area contributed by atoms with Gasteiger partial charge in [0.25, 0.3) is 5.91 Å². The quantitative estimate of drug-likeness (QED) is 0.627. The summed E-state index contributed by atoms with van der Waals surface area (Å²) >= 11 is 12.1. The number of rotatable bonds is 7. The van der Waals surface area contributed by atoms with Gasteiger partial charge in [0.1, 0.15) is 0 Å². The van der Waals surface area contributed by atoms with Crippen molar-refractivity contribution in [1.29, 1.82) is 0 Å². The number of fused-ring (bicyclic) bond motifs is 1. The maximum absolute atomic E-state index is 12.5. The number of halogens is 2. The third kappa shape index (κ3) is 4.10. The van der Waals surface area contributed by atoms with Crippen LogP contribution >= 0.6 is 23.2 Å². The van der Waals surface area contributed by atoms with E-state index in [1.165, 1.54) is 21.3 Å². The van der Waals surface area contributed by atoms with Gasteiger partial charge in [-0.3, -0.25) is 4.79 Å². The fourth-order valence-electron chi connectivity index (χ4n) is 2.81. The van der Waals surface area contributed by atoms with Crippen LogP contribution in [0.4, 0.5) is 0 Å². The molecule has 0 spiro atoms. The van der Waals surface area contributed by atoms with Gasteiger partial charge in [0.05, 0.1) is 37.1 Å². The Bertz CT molecular complexity index is 995. The number of amides is 1. The number of ether oxygens (including phenoxy) is 3. The predicted molar refractivity (Wildman–Crippen MR) is 107 cm³/mol. The van der Waals surface area contributed by atoms with Crippen LogP contribution in [-0.2, 0) is 6.42 Å². The Morgan fingerprint density at radius 3 is 2.36 bits per heavy atom. The molecule has 9 heteroatoms. The molecule has 28 heavy (non-hydrogen) atoms. The topological polar surface area (TPSA) is 74.1 Å². The number of carbonyl (C=O) groups excluding carboxylic acids is 1. The van der Waals surface area contributed by atoms with Crippen molar-refractivity contribution in [1.82, 2.24) is 14.7 Å². The molecule has 1 amide bonds. The molecule has 7 nitrogen and oxygen atoms in total. The minimum Gasteiger partial charge on any atom is -0.493 e. The Kier molecular flexibility index (Phi) is 6.16. The molecule has 0 unspecified atom stereocenters. The third-order valence-electron chi connectivity index (χ3n) is 4.12. The Morgan fingerprint density at radius 1 is 1.07 bits per heavy atom. The van der Waals surface area contributed by atoms with Crippen LogP contribution < -0.4 is 19.5 Å². The van der Waals surface area contributed by atoms with Crippen LogP contribution in [0.2, 0.25) is 10.0 Å². The molecule has 1 N–H and O–H groups in total. The number of hydrogen-bond acceptors (Lipinski definition) is 5. The van der Waals surface area contributed by atoms with E-state index in [4.69, 9.17) is 37.4 Å². The second-order valence-corrected chi connectivity index (χ2v) is 6.73. The highest BCUT2D eigenvalue weighted by atomic mass is 35.5. The third-order valence-corrected chi connectivity index (χ3v) is 4.60. The fraction of sp³-hybridized carbons (Fsp3) is 0.263. The molecule has 0 bridgehead atoms. The smallest absolute Gasteiger partial charge is 0.251 e. The van der Waals surface area contributed by atoms with Gasteiger partial charge in [-0.1, -0.05) is 23.2 Å². The number of methoxy groups -OCH3 is 3. The van der Waals surface area contributed by atoms with Gasteiger partial charge in [0.15, 0.2) is 17.1 Å². The first-order chi connectivity index (χ1) is 13.5. The summed E-state index contributed by atoms with van der Waals surface area (Å²) in [5, 5.41) is 3.86. The monoisotopic (exact) mass is 423 g/mol. The van der Waals surface area contributed by atoms with E-state index in [2.05, 4.69) is 10.3 Å². The first-order valence-electron chi connectivity index (χ1n) is 8.37. The lowest BCUT2D eigenvalue weighted by Gasteiger charge is -2.14. The normalized spacial score (nSPS) is 10.8. The van der Waals surface area contributed by atoms with Crippen LogP contribution in [-0.4, -0.2) is 43.2 Å². The standard InChI is InChI=1S/C19H19Cl2N3O4/c1-26-15-6-11(7-16(27-2)17(15)28-3)19(25)22-5-4-13-10-24-9-12(20)8-14(21)18(24)23-13/h6-10H,4-5H2,1-3H3,(H,22,25). The molecule has 3 aromatic rings. The lowest BCUT2D eigenvalue weighted by molar-refractivity contribution is 0.0953. The number of carbonyl (C=O) groups is 1. The van der Waals surface area contributed by atoms with Gasteiger partial charge in [-0.25, -0.2) is 4.98 Å². The Morgan fingerprint density at radius 2 is 1.75 bits per heavy atom. The number of pyridine rings is 1. The van der Waals surface area contributed by atoms with E-state index >= 15 is 0 Å². The lowest BCUT2D eigenvalue weighted by atomic mass is 10.1. The highest BCUT2D eigenvalue weighted by molar-refractivity contribution is 6.36. The summed E-state index contributed by atoms with van der Waals surface area (Å²) in [6.07, 6.45) is 4.10. The van der Waals surface area contributed by atoms with Gasteiger partial charge < -0.3 is 23.9 Å². The van der Waals surface area contributed by atoms with E-state index in [0.717, 1.165) is 5.69 Å². The zero-order valence-corrected chi connectivity index (χ0v) is 17.1. The molecule has 148 valence electrons. The summed E-state index contributed by atoms with van der Waals surface area (Å²) in [4.78, 5) is 17.0. The lowest BCUT2D eigenvalue weighted by Crippen LogP contribution is -2.25. The van der Waals surface area contributed by atoms with Gasteiger partial charge in [-0.15, -0.1) is 0 Å². The number of imidazole rings is 1. The van der Waals surface area contributed by atoms with E-state index in [1.54, 1.807) is 28.8 Å². The fourth-order valence-corrected chi connectivity index (χ4v) is 3.34. The number of hydrogen-bond donors (Lipinski definition) is 1. The van der Waals surface area contributed by atoms with Crippen LogP contribution in [0.5, 0.6) is 17.2 Å². The molecule has 0 saturated heterocycles. The number of nitrogens with zero attached hydrogens (tertiary/aromatic N) is 2. The van der Waals surface area contributed by atoms with Gasteiger partial charge in [0.2, 0.25) is 5.75 Å². The summed E-state index contributed by atoms with van der Waals surface area (Å²) in [7, 11) is 4.51. The summed E-state index contributed by atoms with van der Waals surface area (Å²) in [6, 6.07) is 4.84. The minimum absolute atomic E-state index is 0.260. The van der Waals surface area contributed by atoms with Crippen molar-refractivity contribution in [2.75, 3.05) is 27.9 Å². The Hall–Kier alpha value is -2.64. The average Bonchev–Trinajstić information content (AvgIpc) is 3.09. The summed E-state index contributed by atoms with van der Waals surface area (Å²) in [6.45, 7) is 0.394. The zero-order valence-electron chi connectivity index (χ0n) is 15.6. The zero-order chi connectivity index (χ0) is 20.3. The molecule has 0 saturated carbocycles. The van der Waals surface area contributed by atoms with E-state index in [-0.39, 0.29) is 5.91 Å². The number of nitrogens with one attached hydrogen (secondary N) is 1. The van der Waals surface area contributed by atoms with Crippen molar-refractivity contribution in [3.05, 3.63) is 51.9 Å². The summed E-state index contributed by atoms with van der Waals surface area (Å²) in [5.74, 6) is 1.00. The largest absolute Gasteiger partial charge is 0.493 e. The molecule has 1 aromatic carbocycles. The molecule has 0 fully saturated rings. The first-order valence-corrected chi connectivity index (χ1v) is 9.13. The molecule has 2 aromatic heterocycles. The first kappa shape index (κ1) is 20.1. The van der Waals surface area contributed by atoms with Crippen molar-refractivity contribution >= 4 is 34.8 Å². The maximum atomic E-state index is 12.5. The van der Waals surface area contributed by atoms with E-state index in [0.29, 0.717) is 51.5 Å². The van der Waals surface area contributed by atoms with Crippen molar-refractivity contribution in [3.63, 3.8) is 0 Å². The van der Waals surface area contributed by atoms with Crippen LogP contribution in [0, 0.1) is 0 Å². The molecule has 3 rings (SSSR count). The van der Waals surface area contributed by atoms with Crippen LogP contribution in [0.15, 0.2) is 30.6 Å². The van der Waals surface area contributed by atoms with Gasteiger partial charge in [-0.2, -0.15) is 0 Å². The van der Waals surface area contributed by atoms with Crippen molar-refractivity contribution in [3.8, 4) is 17.2 Å². The molecule has 0 aliphatic carbocycles. The Balaban J connectivity index is 1.70. The molecular formula is C19H19Cl2N3O4. The average molecular weight is 424 g/mol. The number of aromatic nitrogens is 2. The van der Waals surface area contributed by atoms with E-state index in [9.17, 15) is 4.79 Å². The molecule has 0 aliphatic rings. The maximum Gasteiger partial charge on any atom is 0.251 e. The highest BCUT2D eigenvalue weighted by Gasteiger charge is 2.17. The van der Waals surface area contributed by atoms with E-state index < -0.39 is 0 Å². The van der Waals surface area contributed by atoms with Gasteiger partial charge in [0, 0.05) is 30.9 Å². The molecule has 2 heterocycles. The molecule has 0 aliphatic heterocycles. The van der Waals surface area contributed by atoms with E-state index in [1.807, 2.05) is 6.20 Å². The van der Waals surface area contributed by atoms with Crippen molar-refractivity contribution in [2.45, 2.75) is 6.42 Å². The predicted octanol–water partition coefficient (Wildman–Crippen LogP) is 3.64. The molecular weight excluding hydrogens is 405 g/mol. The molecule has 0 radical (unpaired) electrons. The molecule has 0 atom stereocenters. The summed E-state index contributed by atoms with van der Waals surface area (Å²) < 4.78 is 17.6. The van der Waals surface area contributed by atoms with Crippen LogP contribution in [0.1, 0.15) is 16.1 Å². The van der Waals surface area contributed by atoms with Gasteiger partial charge in [-0.05, 0) is 18.2 Å². The second kappa shape index (κ2) is 8.58. The minimum atomic E-state index is -0.260. The Labute approximate surface area is 172 Å². The van der Waals surface area contributed by atoms with Crippen molar-refractivity contribution < 1.29 is 19.0 Å². The van der Waals surface area contributed by atoms with Crippen molar-refractivity contribution in [2.24, 2.45) is 0 Å². The van der Waals surface area contributed by atoms with Gasteiger partial charge >= 0.3 is 0 Å². The highest BCUT2D eigenvalue weighted by Crippen LogP contribution is 2.38. The number of benzene rings is 1. The van der Waals surface area contributed by atoms with Crippen LogP contribution in [0.3, 0.4) is 0 Å². The summed E-state index contributed by atoms with van der Waals surface area (Å²) in [5.41, 5.74) is 1.81. The SMILES string of the molecule is COc1cc(C(=O)NCCc2cn3cc(Cl)cc(Cl)c3n2)cc(OC)c1OC. The second-order valence-electron chi connectivity index (χ2n) is 5.89.